The maximum atomic E-state index is 13.8. The van der Waals surface area contributed by atoms with Gasteiger partial charge in [0.05, 0.1) is 10.4 Å². The van der Waals surface area contributed by atoms with Gasteiger partial charge in [-0.15, -0.1) is 0 Å². The number of anilines is 1. The van der Waals surface area contributed by atoms with E-state index in [0.29, 0.717) is 39.5 Å². The zero-order valence-corrected chi connectivity index (χ0v) is 15.8. The molecule has 8 heteroatoms. The summed E-state index contributed by atoms with van der Waals surface area (Å²) in [5, 5.41) is 3.93. The molecule has 1 saturated heterocycles. The SMILES string of the molecule is Cc1ccc(N2CC(c3nc(-c4ccc(F)c(Br)c4)no3)CC2=O)cc1F. The van der Waals surface area contributed by atoms with E-state index in [9.17, 15) is 13.6 Å². The molecule has 0 saturated carbocycles. The summed E-state index contributed by atoms with van der Waals surface area (Å²) in [6.45, 7) is 2.00. The van der Waals surface area contributed by atoms with Crippen molar-refractivity contribution in [2.45, 2.75) is 19.3 Å². The molecule has 1 unspecified atom stereocenters. The Balaban J connectivity index is 1.56. The standard InChI is InChI=1S/C19H14BrF2N3O2/c1-10-2-4-13(8-16(10)22)25-9-12(7-17(25)26)19-23-18(24-27-19)11-3-5-15(21)14(20)6-11/h2-6,8,12H,7,9H2,1H3. The molecule has 0 bridgehead atoms. The summed E-state index contributed by atoms with van der Waals surface area (Å²) < 4.78 is 32.8. The van der Waals surface area contributed by atoms with E-state index in [-0.39, 0.29) is 29.9 Å². The van der Waals surface area contributed by atoms with Crippen molar-refractivity contribution in [1.82, 2.24) is 10.1 Å². The van der Waals surface area contributed by atoms with Crippen LogP contribution in [-0.2, 0) is 4.79 Å². The molecular formula is C19H14BrF2N3O2. The zero-order valence-electron chi connectivity index (χ0n) is 14.2. The highest BCUT2D eigenvalue weighted by molar-refractivity contribution is 9.10. The van der Waals surface area contributed by atoms with Crippen molar-refractivity contribution < 1.29 is 18.1 Å². The predicted octanol–water partition coefficient (Wildman–Crippen LogP) is 4.61. The molecule has 1 fully saturated rings. The number of halogens is 3. The third-order valence-electron chi connectivity index (χ3n) is 4.56. The van der Waals surface area contributed by atoms with E-state index < -0.39 is 0 Å². The van der Waals surface area contributed by atoms with Crippen LogP contribution in [-0.4, -0.2) is 22.6 Å². The fourth-order valence-electron chi connectivity index (χ4n) is 3.03. The minimum atomic E-state index is -0.384. The minimum absolute atomic E-state index is 0.132. The van der Waals surface area contributed by atoms with E-state index in [1.807, 2.05) is 0 Å². The van der Waals surface area contributed by atoms with Gasteiger partial charge in [0.15, 0.2) is 0 Å². The van der Waals surface area contributed by atoms with Crippen LogP contribution in [0.2, 0.25) is 0 Å². The van der Waals surface area contributed by atoms with Gasteiger partial charge in [-0.3, -0.25) is 4.79 Å². The fraction of sp³-hybridized carbons (Fsp3) is 0.211. The lowest BCUT2D eigenvalue weighted by Crippen LogP contribution is -2.24. The summed E-state index contributed by atoms with van der Waals surface area (Å²) in [5.41, 5.74) is 1.63. The van der Waals surface area contributed by atoms with E-state index in [1.54, 1.807) is 31.2 Å². The van der Waals surface area contributed by atoms with Crippen LogP contribution in [0, 0.1) is 18.6 Å². The number of rotatable bonds is 3. The minimum Gasteiger partial charge on any atom is -0.339 e. The molecule has 0 spiro atoms. The number of benzene rings is 2. The van der Waals surface area contributed by atoms with Gasteiger partial charge in [-0.2, -0.15) is 4.98 Å². The summed E-state index contributed by atoms with van der Waals surface area (Å²) in [4.78, 5) is 18.3. The quantitative estimate of drug-likeness (QED) is 0.605. The average Bonchev–Trinajstić information content (AvgIpc) is 3.27. The van der Waals surface area contributed by atoms with Crippen molar-refractivity contribution in [3.8, 4) is 11.4 Å². The lowest BCUT2D eigenvalue weighted by Gasteiger charge is -2.16. The third kappa shape index (κ3) is 3.37. The number of hydrogen-bond donors (Lipinski definition) is 0. The summed E-state index contributed by atoms with van der Waals surface area (Å²) in [6.07, 6.45) is 0.199. The highest BCUT2D eigenvalue weighted by Crippen LogP contribution is 2.33. The van der Waals surface area contributed by atoms with Crippen LogP contribution in [0.3, 0.4) is 0 Å². The van der Waals surface area contributed by atoms with Crippen molar-refractivity contribution in [3.63, 3.8) is 0 Å². The zero-order chi connectivity index (χ0) is 19.1. The van der Waals surface area contributed by atoms with Gasteiger partial charge in [-0.05, 0) is 58.7 Å². The summed E-state index contributed by atoms with van der Waals surface area (Å²) in [6, 6.07) is 9.13. The largest absolute Gasteiger partial charge is 0.339 e. The van der Waals surface area contributed by atoms with Gasteiger partial charge in [0.2, 0.25) is 17.6 Å². The van der Waals surface area contributed by atoms with Crippen molar-refractivity contribution in [2.75, 3.05) is 11.4 Å². The normalized spacial score (nSPS) is 17.0. The van der Waals surface area contributed by atoms with E-state index in [0.717, 1.165) is 0 Å². The topological polar surface area (TPSA) is 59.2 Å². The maximum absolute atomic E-state index is 13.8. The maximum Gasteiger partial charge on any atom is 0.232 e. The van der Waals surface area contributed by atoms with Crippen molar-refractivity contribution in [1.29, 1.82) is 0 Å². The molecule has 3 aromatic rings. The van der Waals surface area contributed by atoms with Gasteiger partial charge in [0, 0.05) is 24.2 Å². The molecule has 1 aromatic heterocycles. The number of amides is 1. The van der Waals surface area contributed by atoms with Gasteiger partial charge in [-0.1, -0.05) is 11.2 Å². The first-order valence-electron chi connectivity index (χ1n) is 8.28. The Morgan fingerprint density at radius 3 is 2.74 bits per heavy atom. The molecular weight excluding hydrogens is 420 g/mol. The predicted molar refractivity (Wildman–Crippen MR) is 98.2 cm³/mol. The number of aryl methyl sites for hydroxylation is 1. The van der Waals surface area contributed by atoms with Crippen LogP contribution in [0.15, 0.2) is 45.4 Å². The van der Waals surface area contributed by atoms with Crippen LogP contribution < -0.4 is 4.90 Å². The van der Waals surface area contributed by atoms with Gasteiger partial charge in [0.1, 0.15) is 11.6 Å². The lowest BCUT2D eigenvalue weighted by atomic mass is 10.1. The molecule has 5 nitrogen and oxygen atoms in total. The van der Waals surface area contributed by atoms with Crippen LogP contribution in [0.4, 0.5) is 14.5 Å². The van der Waals surface area contributed by atoms with Gasteiger partial charge in [0.25, 0.3) is 0 Å². The highest BCUT2D eigenvalue weighted by Gasteiger charge is 2.35. The lowest BCUT2D eigenvalue weighted by molar-refractivity contribution is -0.117. The van der Waals surface area contributed by atoms with E-state index in [4.69, 9.17) is 4.52 Å². The fourth-order valence-corrected chi connectivity index (χ4v) is 3.40. The number of carbonyl (C=O) groups is 1. The highest BCUT2D eigenvalue weighted by atomic mass is 79.9. The van der Waals surface area contributed by atoms with Gasteiger partial charge >= 0.3 is 0 Å². The Morgan fingerprint density at radius 1 is 1.19 bits per heavy atom. The molecule has 4 rings (SSSR count). The Kier molecular flexibility index (Phi) is 4.51. The number of hydrogen-bond acceptors (Lipinski definition) is 4. The Labute approximate surface area is 162 Å². The molecule has 27 heavy (non-hydrogen) atoms. The molecule has 0 aliphatic carbocycles. The second kappa shape index (κ2) is 6.84. The summed E-state index contributed by atoms with van der Waals surface area (Å²) >= 11 is 3.13. The number of nitrogens with zero attached hydrogens (tertiary/aromatic N) is 3. The summed E-state index contributed by atoms with van der Waals surface area (Å²) in [7, 11) is 0. The van der Waals surface area contributed by atoms with Crippen molar-refractivity contribution >= 4 is 27.5 Å². The van der Waals surface area contributed by atoms with E-state index >= 15 is 0 Å². The first-order chi connectivity index (χ1) is 12.9. The Bertz CT molecular complexity index is 1040. The van der Waals surface area contributed by atoms with E-state index in [2.05, 4.69) is 26.1 Å². The van der Waals surface area contributed by atoms with Crippen LogP contribution in [0.1, 0.15) is 23.8 Å². The molecule has 138 valence electrons. The monoisotopic (exact) mass is 433 g/mol. The molecule has 1 atom stereocenters. The number of carbonyl (C=O) groups excluding carboxylic acids is 1. The molecule has 1 aliphatic rings. The Hall–Kier alpha value is -2.61. The summed E-state index contributed by atoms with van der Waals surface area (Å²) in [5.74, 6) is -0.512. The molecule has 1 aliphatic heterocycles. The second-order valence-electron chi connectivity index (χ2n) is 6.42. The molecule has 0 radical (unpaired) electrons. The third-order valence-corrected chi connectivity index (χ3v) is 5.17. The van der Waals surface area contributed by atoms with E-state index in [1.165, 1.54) is 17.0 Å². The van der Waals surface area contributed by atoms with Crippen LogP contribution in [0.5, 0.6) is 0 Å². The van der Waals surface area contributed by atoms with Gasteiger partial charge in [-0.25, -0.2) is 8.78 Å². The van der Waals surface area contributed by atoms with Crippen molar-refractivity contribution in [2.24, 2.45) is 0 Å². The average molecular weight is 434 g/mol. The molecule has 2 heterocycles. The van der Waals surface area contributed by atoms with Crippen LogP contribution in [0.25, 0.3) is 11.4 Å². The van der Waals surface area contributed by atoms with Crippen molar-refractivity contribution in [3.05, 3.63) is 64.0 Å². The molecule has 2 aromatic carbocycles. The molecule has 1 amide bonds. The Morgan fingerprint density at radius 2 is 2.00 bits per heavy atom. The smallest absolute Gasteiger partial charge is 0.232 e. The number of aromatic nitrogens is 2. The first-order valence-corrected chi connectivity index (χ1v) is 9.07. The first kappa shape index (κ1) is 17.8. The van der Waals surface area contributed by atoms with Gasteiger partial charge < -0.3 is 9.42 Å². The second-order valence-corrected chi connectivity index (χ2v) is 7.28. The molecule has 0 N–H and O–H groups in total. The van der Waals surface area contributed by atoms with Crippen LogP contribution >= 0.6 is 15.9 Å².